The first kappa shape index (κ1) is 8.71. The van der Waals surface area contributed by atoms with Crippen LogP contribution in [0.1, 0.15) is 19.8 Å². The molecular weight excluding hydrogens is 144 g/mol. The maximum Gasteiger partial charge on any atom is 0.139 e. The molecule has 0 spiro atoms. The van der Waals surface area contributed by atoms with Crippen molar-refractivity contribution in [3.63, 3.8) is 0 Å². The highest BCUT2D eigenvalue weighted by atomic mass is 17.1. The maximum absolute atomic E-state index is 9.47. The molecule has 0 aliphatic heterocycles. The molecular formula is C8H14O3. The Bertz CT molecular complexity index is 151. The van der Waals surface area contributed by atoms with Crippen LogP contribution >= 0.6 is 0 Å². The lowest BCUT2D eigenvalue weighted by atomic mass is 10.0. The summed E-state index contributed by atoms with van der Waals surface area (Å²) in [7, 11) is 0. The van der Waals surface area contributed by atoms with Crippen molar-refractivity contribution in [1.29, 1.82) is 0 Å². The molecule has 0 bridgehead atoms. The Labute approximate surface area is 66.2 Å². The van der Waals surface area contributed by atoms with Crippen LogP contribution in [0.3, 0.4) is 0 Å². The highest BCUT2D eigenvalue weighted by Gasteiger charge is 2.36. The minimum absolute atomic E-state index is 0.295. The van der Waals surface area contributed by atoms with E-state index in [-0.39, 0.29) is 0 Å². The zero-order chi connectivity index (χ0) is 8.43. The van der Waals surface area contributed by atoms with E-state index >= 15 is 0 Å². The van der Waals surface area contributed by atoms with Gasteiger partial charge in [0.1, 0.15) is 6.10 Å². The van der Waals surface area contributed by atoms with E-state index in [1.807, 2.05) is 0 Å². The molecule has 1 aliphatic carbocycles. The third kappa shape index (κ3) is 2.02. The lowest BCUT2D eigenvalue weighted by molar-refractivity contribution is -0.287. The Morgan fingerprint density at radius 2 is 2.18 bits per heavy atom. The average Bonchev–Trinajstić information content (AvgIpc) is 2.68. The van der Waals surface area contributed by atoms with Gasteiger partial charge in [-0.25, -0.2) is 4.89 Å². The first-order valence-corrected chi connectivity index (χ1v) is 3.80. The fourth-order valence-corrected chi connectivity index (χ4v) is 1.13. The average molecular weight is 158 g/mol. The first-order valence-electron chi connectivity index (χ1n) is 3.80. The van der Waals surface area contributed by atoms with Crippen molar-refractivity contribution in [2.75, 3.05) is 0 Å². The second-order valence-corrected chi connectivity index (χ2v) is 3.20. The Balaban J connectivity index is 2.45. The summed E-state index contributed by atoms with van der Waals surface area (Å²) >= 11 is 0. The topological polar surface area (TPSA) is 49.7 Å². The summed E-state index contributed by atoms with van der Waals surface area (Å²) in [5.74, 6) is 0.295. The van der Waals surface area contributed by atoms with Crippen molar-refractivity contribution in [3.8, 4) is 0 Å². The van der Waals surface area contributed by atoms with E-state index in [4.69, 9.17) is 5.26 Å². The lowest BCUT2D eigenvalue weighted by Crippen LogP contribution is -2.30. The fourth-order valence-electron chi connectivity index (χ4n) is 1.13. The summed E-state index contributed by atoms with van der Waals surface area (Å²) in [6.07, 6.45) is 0.850. The quantitative estimate of drug-likeness (QED) is 0.367. The van der Waals surface area contributed by atoms with Crippen LogP contribution in [0.2, 0.25) is 0 Å². The molecule has 2 N–H and O–H groups in total. The van der Waals surface area contributed by atoms with E-state index in [1.165, 1.54) is 0 Å². The molecule has 0 amide bonds. The molecule has 3 heteroatoms. The summed E-state index contributed by atoms with van der Waals surface area (Å²) in [5.41, 5.74) is 0.659. The normalized spacial score (nSPS) is 22.8. The highest BCUT2D eigenvalue weighted by molar-refractivity contribution is 5.04. The molecule has 1 saturated carbocycles. The van der Waals surface area contributed by atoms with E-state index in [0.717, 1.165) is 12.8 Å². The Morgan fingerprint density at radius 1 is 1.64 bits per heavy atom. The highest BCUT2D eigenvalue weighted by Crippen LogP contribution is 2.35. The third-order valence-corrected chi connectivity index (χ3v) is 2.01. The molecule has 0 unspecified atom stereocenters. The van der Waals surface area contributed by atoms with Crippen LogP contribution in [0.5, 0.6) is 0 Å². The van der Waals surface area contributed by atoms with Crippen LogP contribution in [0, 0.1) is 5.92 Å². The van der Waals surface area contributed by atoms with Gasteiger partial charge < -0.3 is 5.11 Å². The van der Waals surface area contributed by atoms with Crippen LogP contribution in [-0.2, 0) is 4.89 Å². The summed E-state index contributed by atoms with van der Waals surface area (Å²) in [6.45, 7) is 5.34. The number of aliphatic hydroxyl groups excluding tert-OH is 1. The van der Waals surface area contributed by atoms with E-state index < -0.39 is 12.2 Å². The van der Waals surface area contributed by atoms with E-state index in [9.17, 15) is 5.11 Å². The molecule has 2 atom stereocenters. The first-order chi connectivity index (χ1) is 5.16. The van der Waals surface area contributed by atoms with E-state index in [1.54, 1.807) is 6.92 Å². The van der Waals surface area contributed by atoms with Crippen LogP contribution in [0.25, 0.3) is 0 Å². The standard InChI is InChI=1S/C8H14O3/c1-5(2)8(11-10)7(9)6-3-4-6/h6-10H,1,3-4H2,2H3/t7-,8-/m1/s1. The van der Waals surface area contributed by atoms with Gasteiger partial charge in [0.15, 0.2) is 0 Å². The van der Waals surface area contributed by atoms with Crippen molar-refractivity contribution < 1.29 is 15.3 Å². The van der Waals surface area contributed by atoms with Gasteiger partial charge in [-0.1, -0.05) is 6.58 Å². The van der Waals surface area contributed by atoms with Crippen molar-refractivity contribution >= 4 is 0 Å². The molecule has 11 heavy (non-hydrogen) atoms. The Kier molecular flexibility index (Phi) is 2.65. The summed E-state index contributed by atoms with van der Waals surface area (Å²) in [6, 6.07) is 0. The predicted octanol–water partition coefficient (Wildman–Crippen LogP) is 1.19. The minimum Gasteiger partial charge on any atom is -0.390 e. The zero-order valence-electron chi connectivity index (χ0n) is 6.66. The zero-order valence-corrected chi connectivity index (χ0v) is 6.66. The lowest BCUT2D eigenvalue weighted by Gasteiger charge is -2.19. The molecule has 1 fully saturated rings. The molecule has 0 aromatic rings. The van der Waals surface area contributed by atoms with Gasteiger partial charge in [-0.2, -0.15) is 0 Å². The third-order valence-electron chi connectivity index (χ3n) is 2.01. The van der Waals surface area contributed by atoms with Gasteiger partial charge in [-0.3, -0.25) is 5.26 Å². The second-order valence-electron chi connectivity index (χ2n) is 3.20. The van der Waals surface area contributed by atoms with Crippen LogP contribution in [0.15, 0.2) is 12.2 Å². The molecule has 0 aromatic heterocycles. The van der Waals surface area contributed by atoms with Crippen LogP contribution in [0.4, 0.5) is 0 Å². The van der Waals surface area contributed by atoms with Crippen LogP contribution in [-0.4, -0.2) is 22.6 Å². The number of hydrogen-bond donors (Lipinski definition) is 2. The number of rotatable bonds is 4. The molecule has 1 rings (SSSR count). The molecule has 0 radical (unpaired) electrons. The second kappa shape index (κ2) is 3.34. The Morgan fingerprint density at radius 3 is 2.45 bits per heavy atom. The van der Waals surface area contributed by atoms with E-state index in [0.29, 0.717) is 11.5 Å². The predicted molar refractivity (Wildman–Crippen MR) is 41.0 cm³/mol. The SMILES string of the molecule is C=C(C)[C@@H](OO)[C@H](O)C1CC1. The van der Waals surface area contributed by atoms with Gasteiger partial charge >= 0.3 is 0 Å². The maximum atomic E-state index is 9.47. The van der Waals surface area contributed by atoms with Crippen LogP contribution < -0.4 is 0 Å². The molecule has 0 saturated heterocycles. The minimum atomic E-state index is -0.609. The summed E-state index contributed by atoms with van der Waals surface area (Å²) < 4.78 is 0. The van der Waals surface area contributed by atoms with Gasteiger partial charge in [0.2, 0.25) is 0 Å². The molecule has 0 heterocycles. The van der Waals surface area contributed by atoms with Gasteiger partial charge in [0.25, 0.3) is 0 Å². The van der Waals surface area contributed by atoms with Crippen molar-refractivity contribution in [3.05, 3.63) is 12.2 Å². The number of aliphatic hydroxyl groups is 1. The Hall–Kier alpha value is -0.380. The number of hydrogen-bond acceptors (Lipinski definition) is 3. The largest absolute Gasteiger partial charge is 0.390 e. The molecule has 1 aliphatic rings. The molecule has 0 aromatic carbocycles. The monoisotopic (exact) mass is 158 g/mol. The van der Waals surface area contributed by atoms with Gasteiger partial charge in [0.05, 0.1) is 6.10 Å². The summed E-state index contributed by atoms with van der Waals surface area (Å²) in [5, 5.41) is 17.9. The summed E-state index contributed by atoms with van der Waals surface area (Å²) in [4.78, 5) is 4.13. The van der Waals surface area contributed by atoms with Gasteiger partial charge in [-0.15, -0.1) is 0 Å². The van der Waals surface area contributed by atoms with Crippen molar-refractivity contribution in [2.45, 2.75) is 32.0 Å². The van der Waals surface area contributed by atoms with E-state index in [2.05, 4.69) is 11.5 Å². The van der Waals surface area contributed by atoms with Gasteiger partial charge in [0, 0.05) is 0 Å². The molecule has 3 nitrogen and oxygen atoms in total. The molecule has 64 valence electrons. The van der Waals surface area contributed by atoms with Crippen molar-refractivity contribution in [2.24, 2.45) is 5.92 Å². The smallest absolute Gasteiger partial charge is 0.139 e. The fraction of sp³-hybridized carbons (Fsp3) is 0.750. The van der Waals surface area contributed by atoms with Crippen molar-refractivity contribution in [1.82, 2.24) is 0 Å². The van der Waals surface area contributed by atoms with Gasteiger partial charge in [-0.05, 0) is 31.3 Å².